The van der Waals surface area contributed by atoms with Gasteiger partial charge in [-0.15, -0.1) is 0 Å². The van der Waals surface area contributed by atoms with E-state index in [0.717, 1.165) is 24.5 Å². The average Bonchev–Trinajstić information content (AvgIpc) is 2.66. The fraction of sp³-hybridized carbons (Fsp3) is 0.611. The van der Waals surface area contributed by atoms with E-state index < -0.39 is 72.3 Å². The van der Waals surface area contributed by atoms with Crippen LogP contribution in [0.1, 0.15) is 25.3 Å². The highest BCUT2D eigenvalue weighted by atomic mass is 19.4. The second kappa shape index (κ2) is 8.83. The summed E-state index contributed by atoms with van der Waals surface area (Å²) in [4.78, 5) is 28.8. The average molecular weight is 474 g/mol. The van der Waals surface area contributed by atoms with Gasteiger partial charge in [0.1, 0.15) is 11.8 Å². The van der Waals surface area contributed by atoms with Crippen molar-refractivity contribution in [3.63, 3.8) is 0 Å². The van der Waals surface area contributed by atoms with E-state index in [9.17, 15) is 46.1 Å². The van der Waals surface area contributed by atoms with Crippen LogP contribution in [0.3, 0.4) is 0 Å². The maximum absolute atomic E-state index is 13.9. The van der Waals surface area contributed by atoms with E-state index in [1.807, 2.05) is 0 Å². The molecule has 1 aromatic heterocycles. The molecule has 2 rings (SSSR count). The number of hydrogen-bond donors (Lipinski definition) is 3. The highest BCUT2D eigenvalue weighted by Crippen LogP contribution is 2.55. The van der Waals surface area contributed by atoms with E-state index in [0.29, 0.717) is 5.32 Å². The van der Waals surface area contributed by atoms with Crippen LogP contribution < -0.4 is 5.32 Å². The molecule has 5 atom stereocenters. The van der Waals surface area contributed by atoms with Gasteiger partial charge in [-0.25, -0.2) is 5.32 Å². The molecule has 0 spiro atoms. The first-order valence-electron chi connectivity index (χ1n) is 9.26. The Kier molecular flexibility index (Phi) is 7.12. The number of carbonyl (C=O) groups is 2. The minimum atomic E-state index is -5.93. The maximum Gasteiger partial charge on any atom is 0.432 e. The first-order valence-corrected chi connectivity index (χ1v) is 9.26. The number of halogens is 6. The van der Waals surface area contributed by atoms with Gasteiger partial charge in [-0.3, -0.25) is 14.6 Å². The molecule has 0 amide bonds. The minimum Gasteiger partial charge on any atom is -0.466 e. The molecule has 1 aliphatic heterocycles. The van der Waals surface area contributed by atoms with Gasteiger partial charge in [0.15, 0.2) is 0 Å². The standard InChI is InChI=1S/C18H20F6N2O6/c1-3-31-13(27)11-10(9-6-5-7-25-8-9)12(14(28)32-4-2)16(30,18(22,23)24)26-15(11,29)17(19,20)21/h5-8,10-12,26,29-30H,3-4H2,1-2H3/t10?,11-,12-,15-,16+/m0/s1. The molecular weight excluding hydrogens is 454 g/mol. The summed E-state index contributed by atoms with van der Waals surface area (Å²) in [5.74, 6) is -11.6. The monoisotopic (exact) mass is 474 g/mol. The second-order valence-electron chi connectivity index (χ2n) is 6.92. The van der Waals surface area contributed by atoms with Gasteiger partial charge in [0.05, 0.1) is 13.2 Å². The lowest BCUT2D eigenvalue weighted by atomic mass is 9.64. The number of pyridine rings is 1. The SMILES string of the molecule is CCOC(=O)[C@@H]1C(c2cccnc2)[C@@H](C(=O)OCC)[C@](O)(C(F)(F)F)N[C@]1(O)C(F)(F)F. The number of alkyl halides is 6. The third kappa shape index (κ3) is 4.26. The van der Waals surface area contributed by atoms with Crippen molar-refractivity contribution in [3.8, 4) is 0 Å². The lowest BCUT2D eigenvalue weighted by Gasteiger charge is -2.54. The molecule has 0 aliphatic carbocycles. The van der Waals surface area contributed by atoms with Crippen LogP contribution in [0.15, 0.2) is 24.5 Å². The molecule has 1 aliphatic rings. The van der Waals surface area contributed by atoms with Gasteiger partial charge in [0, 0.05) is 18.3 Å². The Balaban J connectivity index is 2.93. The van der Waals surface area contributed by atoms with Gasteiger partial charge < -0.3 is 19.7 Å². The normalized spacial score (nSPS) is 31.1. The van der Waals surface area contributed by atoms with Crippen LogP contribution in [0.2, 0.25) is 0 Å². The number of ether oxygens (including phenoxy) is 2. The quantitative estimate of drug-likeness (QED) is 0.436. The molecule has 1 unspecified atom stereocenters. The van der Waals surface area contributed by atoms with Crippen LogP contribution in [0, 0.1) is 11.8 Å². The third-order valence-corrected chi connectivity index (χ3v) is 5.01. The first kappa shape index (κ1) is 25.8. The largest absolute Gasteiger partial charge is 0.466 e. The molecule has 0 aromatic carbocycles. The number of rotatable bonds is 5. The fourth-order valence-corrected chi connectivity index (χ4v) is 3.71. The Hall–Kier alpha value is -2.45. The minimum absolute atomic E-state index is 0.476. The molecule has 180 valence electrons. The zero-order chi connectivity index (χ0) is 24.5. The molecule has 0 bridgehead atoms. The lowest BCUT2D eigenvalue weighted by molar-refractivity contribution is -0.376. The fourth-order valence-electron chi connectivity index (χ4n) is 3.71. The molecule has 14 heteroatoms. The maximum atomic E-state index is 13.9. The number of piperidine rings is 1. The Morgan fingerprint density at radius 2 is 1.44 bits per heavy atom. The highest BCUT2D eigenvalue weighted by molar-refractivity contribution is 5.81. The Bertz CT molecular complexity index is 787. The molecule has 1 aromatic rings. The van der Waals surface area contributed by atoms with E-state index in [4.69, 9.17) is 0 Å². The van der Waals surface area contributed by atoms with Crippen molar-refractivity contribution in [1.29, 1.82) is 0 Å². The summed E-state index contributed by atoms with van der Waals surface area (Å²) in [6, 6.07) is 2.12. The van der Waals surface area contributed by atoms with E-state index >= 15 is 0 Å². The molecule has 32 heavy (non-hydrogen) atoms. The van der Waals surface area contributed by atoms with Crippen LogP contribution >= 0.6 is 0 Å². The third-order valence-electron chi connectivity index (χ3n) is 5.01. The van der Waals surface area contributed by atoms with E-state index in [2.05, 4.69) is 14.5 Å². The predicted octanol–water partition coefficient (Wildman–Crippen LogP) is 1.63. The molecule has 2 heterocycles. The van der Waals surface area contributed by atoms with Crippen LogP contribution in [0.4, 0.5) is 26.3 Å². The van der Waals surface area contributed by atoms with Gasteiger partial charge in [0.2, 0.25) is 11.4 Å². The number of hydrogen-bond acceptors (Lipinski definition) is 8. The Labute approximate surface area is 177 Å². The van der Waals surface area contributed by atoms with Crippen LogP contribution in [0.25, 0.3) is 0 Å². The number of carbonyl (C=O) groups excluding carboxylic acids is 2. The molecule has 8 nitrogen and oxygen atoms in total. The molecule has 0 saturated carbocycles. The molecule has 0 radical (unpaired) electrons. The van der Waals surface area contributed by atoms with Crippen molar-refractivity contribution in [2.75, 3.05) is 13.2 Å². The van der Waals surface area contributed by atoms with Gasteiger partial charge in [0.25, 0.3) is 0 Å². The van der Waals surface area contributed by atoms with Gasteiger partial charge in [-0.1, -0.05) is 6.07 Å². The highest BCUT2D eigenvalue weighted by Gasteiger charge is 2.78. The van der Waals surface area contributed by atoms with Gasteiger partial charge in [-0.2, -0.15) is 26.3 Å². The predicted molar refractivity (Wildman–Crippen MR) is 92.4 cm³/mol. The zero-order valence-corrected chi connectivity index (χ0v) is 16.7. The summed E-state index contributed by atoms with van der Waals surface area (Å²) in [7, 11) is 0. The first-order chi connectivity index (χ1) is 14.7. The van der Waals surface area contributed by atoms with Gasteiger partial charge >= 0.3 is 24.3 Å². The van der Waals surface area contributed by atoms with Crippen LogP contribution in [0.5, 0.6) is 0 Å². The van der Waals surface area contributed by atoms with Crippen molar-refractivity contribution in [1.82, 2.24) is 10.3 Å². The molecule has 1 fully saturated rings. The van der Waals surface area contributed by atoms with E-state index in [1.165, 1.54) is 13.8 Å². The number of aromatic nitrogens is 1. The zero-order valence-electron chi connectivity index (χ0n) is 16.7. The number of aliphatic hydroxyl groups is 2. The molecule has 1 saturated heterocycles. The van der Waals surface area contributed by atoms with Gasteiger partial charge in [-0.05, 0) is 25.5 Å². The summed E-state index contributed by atoms with van der Waals surface area (Å²) < 4.78 is 92.8. The van der Waals surface area contributed by atoms with Crippen LogP contribution in [-0.4, -0.2) is 64.2 Å². The summed E-state index contributed by atoms with van der Waals surface area (Å²) in [5.41, 5.74) is -9.77. The van der Waals surface area contributed by atoms with Crippen molar-refractivity contribution in [3.05, 3.63) is 30.1 Å². The smallest absolute Gasteiger partial charge is 0.432 e. The Morgan fingerprint density at radius 1 is 1.00 bits per heavy atom. The van der Waals surface area contributed by atoms with Crippen LogP contribution in [-0.2, 0) is 19.1 Å². The van der Waals surface area contributed by atoms with E-state index in [-0.39, 0.29) is 0 Å². The number of esters is 2. The van der Waals surface area contributed by atoms with Crippen molar-refractivity contribution < 1.29 is 55.6 Å². The number of nitrogens with zero attached hydrogens (tertiary/aromatic N) is 1. The summed E-state index contributed by atoms with van der Waals surface area (Å²) in [6.45, 7) is 1.46. The summed E-state index contributed by atoms with van der Waals surface area (Å²) in [5, 5.41) is 21.6. The molecular formula is C18H20F6N2O6. The number of nitrogens with one attached hydrogen (secondary N) is 1. The van der Waals surface area contributed by atoms with Crippen molar-refractivity contribution >= 4 is 11.9 Å². The molecule has 3 N–H and O–H groups in total. The van der Waals surface area contributed by atoms with E-state index in [1.54, 1.807) is 0 Å². The second-order valence-corrected chi connectivity index (χ2v) is 6.92. The van der Waals surface area contributed by atoms with Crippen molar-refractivity contribution in [2.24, 2.45) is 11.8 Å². The summed E-state index contributed by atoms with van der Waals surface area (Å²) >= 11 is 0. The summed E-state index contributed by atoms with van der Waals surface area (Å²) in [6.07, 6.45) is -9.91. The van der Waals surface area contributed by atoms with Crippen molar-refractivity contribution in [2.45, 2.75) is 43.6 Å². The topological polar surface area (TPSA) is 118 Å². The lowest BCUT2D eigenvalue weighted by Crippen LogP contribution is -2.81. The Morgan fingerprint density at radius 3 is 1.75 bits per heavy atom.